The highest BCUT2D eigenvalue weighted by Crippen LogP contribution is 2.36. The van der Waals surface area contributed by atoms with E-state index in [0.717, 1.165) is 11.3 Å². The van der Waals surface area contributed by atoms with Crippen molar-refractivity contribution < 1.29 is 14.3 Å². The number of carbonyl (C=O) groups excluding carboxylic acids is 2. The Morgan fingerprint density at radius 3 is 2.81 bits per heavy atom. The Balaban J connectivity index is 2.27. The van der Waals surface area contributed by atoms with E-state index >= 15 is 0 Å². The summed E-state index contributed by atoms with van der Waals surface area (Å²) in [5.74, 6) is -0.137. The number of methoxy groups -OCH3 is 1. The number of para-hydroxylation sites is 1. The Labute approximate surface area is 125 Å². The molecule has 0 spiro atoms. The predicted octanol–water partition coefficient (Wildman–Crippen LogP) is 1.64. The summed E-state index contributed by atoms with van der Waals surface area (Å²) in [5, 5.41) is 2.85. The fraction of sp³-hybridized carbons (Fsp3) is 0.500. The summed E-state index contributed by atoms with van der Waals surface area (Å²) in [6.45, 7) is 4.68. The van der Waals surface area contributed by atoms with E-state index in [9.17, 15) is 9.59 Å². The highest BCUT2D eigenvalue weighted by molar-refractivity contribution is 6.06. The number of nitrogens with zero attached hydrogens (tertiary/aromatic N) is 1. The topological polar surface area (TPSA) is 58.6 Å². The summed E-state index contributed by atoms with van der Waals surface area (Å²) in [4.78, 5) is 26.5. The number of hydrogen-bond donors (Lipinski definition) is 1. The monoisotopic (exact) mass is 290 g/mol. The maximum atomic E-state index is 12.5. The van der Waals surface area contributed by atoms with Crippen LogP contribution in [0.3, 0.4) is 0 Å². The summed E-state index contributed by atoms with van der Waals surface area (Å²) < 4.78 is 4.94. The molecule has 2 amide bonds. The lowest BCUT2D eigenvalue weighted by atomic mass is 9.96. The lowest BCUT2D eigenvalue weighted by Crippen LogP contribution is -2.55. The molecule has 1 aromatic rings. The standard InChI is InChI=1S/C16H22N2O3/c1-12-6-4-5-7-13(12)18-14(19)8-9-16(18,2)15(20)17-10-11-21-3/h4-7H,8-11H2,1-3H3,(H,17,20)/t16-/m1/s1. The van der Waals surface area contributed by atoms with Crippen molar-refractivity contribution in [2.24, 2.45) is 0 Å². The highest BCUT2D eigenvalue weighted by atomic mass is 16.5. The molecule has 1 aromatic carbocycles. The maximum absolute atomic E-state index is 12.5. The van der Waals surface area contributed by atoms with Crippen LogP contribution in [0.2, 0.25) is 0 Å². The van der Waals surface area contributed by atoms with Crippen molar-refractivity contribution in [1.82, 2.24) is 5.32 Å². The Morgan fingerprint density at radius 1 is 1.43 bits per heavy atom. The number of amides is 2. The third-order valence-corrected chi connectivity index (χ3v) is 4.01. The number of aryl methyl sites for hydroxylation is 1. The average Bonchev–Trinajstić information content (AvgIpc) is 2.77. The molecule has 0 aliphatic carbocycles. The summed E-state index contributed by atoms with van der Waals surface area (Å²) in [6.07, 6.45) is 0.918. The minimum absolute atomic E-state index is 0.00584. The Hall–Kier alpha value is -1.88. The Morgan fingerprint density at radius 2 is 2.14 bits per heavy atom. The zero-order valence-electron chi connectivity index (χ0n) is 12.8. The molecule has 0 unspecified atom stereocenters. The first-order valence-electron chi connectivity index (χ1n) is 7.16. The van der Waals surface area contributed by atoms with Crippen LogP contribution in [0.15, 0.2) is 24.3 Å². The van der Waals surface area contributed by atoms with Gasteiger partial charge in [-0.05, 0) is 31.9 Å². The van der Waals surface area contributed by atoms with Gasteiger partial charge in [0.1, 0.15) is 5.54 Å². The van der Waals surface area contributed by atoms with Crippen molar-refractivity contribution in [1.29, 1.82) is 0 Å². The zero-order chi connectivity index (χ0) is 15.5. The molecular weight excluding hydrogens is 268 g/mol. The van der Waals surface area contributed by atoms with E-state index in [1.165, 1.54) is 0 Å². The molecule has 114 valence electrons. The fourth-order valence-corrected chi connectivity index (χ4v) is 2.74. The molecule has 0 radical (unpaired) electrons. The molecule has 0 bridgehead atoms. The van der Waals surface area contributed by atoms with Crippen LogP contribution < -0.4 is 10.2 Å². The van der Waals surface area contributed by atoms with Crippen LogP contribution in [0.4, 0.5) is 5.69 Å². The Bertz CT molecular complexity index is 544. The molecule has 1 atom stereocenters. The van der Waals surface area contributed by atoms with E-state index in [1.54, 1.807) is 12.0 Å². The van der Waals surface area contributed by atoms with E-state index in [2.05, 4.69) is 5.32 Å². The van der Waals surface area contributed by atoms with Gasteiger partial charge < -0.3 is 10.1 Å². The van der Waals surface area contributed by atoms with Crippen LogP contribution in [-0.4, -0.2) is 37.6 Å². The van der Waals surface area contributed by atoms with Crippen molar-refractivity contribution in [3.8, 4) is 0 Å². The van der Waals surface area contributed by atoms with Crippen LogP contribution >= 0.6 is 0 Å². The maximum Gasteiger partial charge on any atom is 0.246 e. The summed E-state index contributed by atoms with van der Waals surface area (Å²) in [5.41, 5.74) is 0.963. The molecule has 1 aliphatic rings. The van der Waals surface area contributed by atoms with Gasteiger partial charge in [-0.3, -0.25) is 14.5 Å². The SMILES string of the molecule is COCCNC(=O)[C@@]1(C)CCC(=O)N1c1ccccc1C. The second-order valence-electron chi connectivity index (χ2n) is 5.54. The van der Waals surface area contributed by atoms with Gasteiger partial charge in [-0.1, -0.05) is 18.2 Å². The molecule has 0 aromatic heterocycles. The van der Waals surface area contributed by atoms with Crippen LogP contribution in [-0.2, 0) is 14.3 Å². The van der Waals surface area contributed by atoms with Gasteiger partial charge >= 0.3 is 0 Å². The van der Waals surface area contributed by atoms with Crippen molar-refractivity contribution in [2.75, 3.05) is 25.2 Å². The van der Waals surface area contributed by atoms with E-state index in [-0.39, 0.29) is 11.8 Å². The zero-order valence-corrected chi connectivity index (χ0v) is 12.8. The van der Waals surface area contributed by atoms with E-state index in [1.807, 2.05) is 38.1 Å². The molecule has 2 rings (SSSR count). The largest absolute Gasteiger partial charge is 0.383 e. The molecule has 21 heavy (non-hydrogen) atoms. The summed E-state index contributed by atoms with van der Waals surface area (Å²) in [7, 11) is 1.59. The highest BCUT2D eigenvalue weighted by Gasteiger charge is 2.48. The van der Waals surface area contributed by atoms with Gasteiger partial charge in [-0.25, -0.2) is 0 Å². The number of carbonyl (C=O) groups is 2. The quantitative estimate of drug-likeness (QED) is 0.839. The van der Waals surface area contributed by atoms with Crippen LogP contribution in [0, 0.1) is 6.92 Å². The number of ether oxygens (including phenoxy) is 1. The first kappa shape index (κ1) is 15.5. The van der Waals surface area contributed by atoms with Gasteiger partial charge in [0.2, 0.25) is 11.8 Å². The van der Waals surface area contributed by atoms with Gasteiger partial charge in [0.25, 0.3) is 0 Å². The summed E-state index contributed by atoms with van der Waals surface area (Å²) >= 11 is 0. The van der Waals surface area contributed by atoms with Crippen LogP contribution in [0.25, 0.3) is 0 Å². The number of benzene rings is 1. The molecular formula is C16H22N2O3. The van der Waals surface area contributed by atoms with E-state index in [0.29, 0.717) is 26.0 Å². The second kappa shape index (κ2) is 6.26. The fourth-order valence-electron chi connectivity index (χ4n) is 2.74. The first-order chi connectivity index (χ1) is 10.0. The van der Waals surface area contributed by atoms with Crippen molar-refractivity contribution in [3.05, 3.63) is 29.8 Å². The molecule has 1 fully saturated rings. The molecule has 0 saturated carbocycles. The minimum atomic E-state index is -0.836. The van der Waals surface area contributed by atoms with Gasteiger partial charge in [0.15, 0.2) is 0 Å². The number of hydrogen-bond acceptors (Lipinski definition) is 3. The molecule has 1 heterocycles. The molecule has 1 aliphatic heterocycles. The Kier molecular flexibility index (Phi) is 4.63. The third kappa shape index (κ3) is 2.93. The third-order valence-electron chi connectivity index (χ3n) is 4.01. The first-order valence-corrected chi connectivity index (χ1v) is 7.16. The lowest BCUT2D eigenvalue weighted by Gasteiger charge is -2.34. The molecule has 5 heteroatoms. The van der Waals surface area contributed by atoms with Gasteiger partial charge in [-0.2, -0.15) is 0 Å². The van der Waals surface area contributed by atoms with E-state index < -0.39 is 5.54 Å². The summed E-state index contributed by atoms with van der Waals surface area (Å²) in [6, 6.07) is 7.65. The number of nitrogens with one attached hydrogen (secondary N) is 1. The van der Waals surface area contributed by atoms with Crippen molar-refractivity contribution in [2.45, 2.75) is 32.2 Å². The van der Waals surface area contributed by atoms with Crippen LogP contribution in [0.1, 0.15) is 25.3 Å². The van der Waals surface area contributed by atoms with Gasteiger partial charge in [0.05, 0.1) is 6.61 Å². The molecule has 5 nitrogen and oxygen atoms in total. The van der Waals surface area contributed by atoms with Gasteiger partial charge in [-0.15, -0.1) is 0 Å². The number of anilines is 1. The lowest BCUT2D eigenvalue weighted by molar-refractivity contribution is -0.127. The van der Waals surface area contributed by atoms with Gasteiger partial charge in [0, 0.05) is 25.8 Å². The molecule has 1 saturated heterocycles. The second-order valence-corrected chi connectivity index (χ2v) is 5.54. The normalized spacial score (nSPS) is 21.7. The van der Waals surface area contributed by atoms with Crippen molar-refractivity contribution >= 4 is 17.5 Å². The average molecular weight is 290 g/mol. The number of rotatable bonds is 5. The smallest absolute Gasteiger partial charge is 0.246 e. The van der Waals surface area contributed by atoms with Crippen molar-refractivity contribution in [3.63, 3.8) is 0 Å². The molecule has 1 N–H and O–H groups in total. The predicted molar refractivity (Wildman–Crippen MR) is 81.2 cm³/mol. The van der Waals surface area contributed by atoms with E-state index in [4.69, 9.17) is 4.74 Å². The van der Waals surface area contributed by atoms with Crippen LogP contribution in [0.5, 0.6) is 0 Å². The minimum Gasteiger partial charge on any atom is -0.383 e.